The number of rotatable bonds is 4. The fourth-order valence-corrected chi connectivity index (χ4v) is 3.06. The van der Waals surface area contributed by atoms with E-state index in [9.17, 15) is 0 Å². The lowest BCUT2D eigenvalue weighted by Gasteiger charge is -2.14. The highest BCUT2D eigenvalue weighted by Gasteiger charge is 2.22. The Labute approximate surface area is 126 Å². The molecule has 1 N–H and O–H groups in total. The zero-order chi connectivity index (χ0) is 14.2. The van der Waals surface area contributed by atoms with Crippen molar-refractivity contribution in [3.8, 4) is 16.9 Å². The molecule has 21 heavy (non-hydrogen) atoms. The molecule has 1 saturated carbocycles. The van der Waals surface area contributed by atoms with Crippen molar-refractivity contribution in [3.63, 3.8) is 0 Å². The maximum Gasteiger partial charge on any atom is 0.130 e. The summed E-state index contributed by atoms with van der Waals surface area (Å²) in [5.41, 5.74) is 6.59. The first-order valence-corrected chi connectivity index (χ1v) is 7.89. The summed E-state index contributed by atoms with van der Waals surface area (Å²) in [6.45, 7) is 3.92. The van der Waals surface area contributed by atoms with Crippen molar-refractivity contribution in [2.45, 2.75) is 38.8 Å². The molecule has 1 heterocycles. The highest BCUT2D eigenvalue weighted by molar-refractivity contribution is 5.76. The first-order chi connectivity index (χ1) is 10.3. The van der Waals surface area contributed by atoms with E-state index in [0.29, 0.717) is 0 Å². The molecule has 0 amide bonds. The van der Waals surface area contributed by atoms with Crippen LogP contribution in [0.5, 0.6) is 5.75 Å². The molecule has 2 aliphatic rings. The van der Waals surface area contributed by atoms with Gasteiger partial charge in [-0.05, 0) is 36.5 Å². The van der Waals surface area contributed by atoms with Crippen LogP contribution in [0.3, 0.4) is 0 Å². The summed E-state index contributed by atoms with van der Waals surface area (Å²) in [4.78, 5) is 0. The normalized spacial score (nSPS) is 16.6. The molecule has 0 bridgehead atoms. The van der Waals surface area contributed by atoms with Gasteiger partial charge in [-0.25, -0.2) is 0 Å². The van der Waals surface area contributed by atoms with Crippen molar-refractivity contribution in [2.75, 3.05) is 6.61 Å². The maximum absolute atomic E-state index is 5.90. The highest BCUT2D eigenvalue weighted by atomic mass is 16.5. The molecule has 0 atom stereocenters. The van der Waals surface area contributed by atoms with Crippen molar-refractivity contribution in [2.24, 2.45) is 0 Å². The average Bonchev–Trinajstić information content (AvgIpc) is 3.20. The number of para-hydroxylation sites is 1. The van der Waals surface area contributed by atoms with Gasteiger partial charge in [0, 0.05) is 24.6 Å². The highest BCUT2D eigenvalue weighted by Crippen LogP contribution is 2.38. The number of hydrogen-bond donors (Lipinski definition) is 1. The Morgan fingerprint density at radius 1 is 1.14 bits per heavy atom. The number of fused-ring (bicyclic) bond motifs is 1. The molecule has 2 aromatic rings. The second-order valence-electron chi connectivity index (χ2n) is 6.21. The lowest BCUT2D eigenvalue weighted by Crippen LogP contribution is -2.16. The van der Waals surface area contributed by atoms with Crippen LogP contribution in [0.4, 0.5) is 0 Å². The van der Waals surface area contributed by atoms with E-state index in [1.54, 1.807) is 0 Å². The second kappa shape index (κ2) is 5.19. The Morgan fingerprint density at radius 3 is 2.90 bits per heavy atom. The SMILES string of the molecule is Cc1ccc(CNC2CC2)c(-c2cccc3c2OCC3)c1. The van der Waals surface area contributed by atoms with Crippen LogP contribution in [0, 0.1) is 6.92 Å². The Kier molecular flexibility index (Phi) is 3.19. The Hall–Kier alpha value is -1.80. The van der Waals surface area contributed by atoms with Crippen LogP contribution in [-0.4, -0.2) is 12.6 Å². The fourth-order valence-electron chi connectivity index (χ4n) is 3.06. The summed E-state index contributed by atoms with van der Waals surface area (Å²) in [5.74, 6) is 1.09. The van der Waals surface area contributed by atoms with Gasteiger partial charge in [-0.1, -0.05) is 42.0 Å². The van der Waals surface area contributed by atoms with Crippen molar-refractivity contribution in [1.82, 2.24) is 5.32 Å². The second-order valence-corrected chi connectivity index (χ2v) is 6.21. The molecule has 1 fully saturated rings. The molecule has 0 radical (unpaired) electrons. The van der Waals surface area contributed by atoms with Gasteiger partial charge in [-0.2, -0.15) is 0 Å². The van der Waals surface area contributed by atoms with Crippen LogP contribution in [0.25, 0.3) is 11.1 Å². The van der Waals surface area contributed by atoms with Crippen LogP contribution in [-0.2, 0) is 13.0 Å². The number of ether oxygens (including phenoxy) is 1. The van der Waals surface area contributed by atoms with Crippen molar-refractivity contribution >= 4 is 0 Å². The Morgan fingerprint density at radius 2 is 2.05 bits per heavy atom. The van der Waals surface area contributed by atoms with Gasteiger partial charge in [0.05, 0.1) is 6.61 Å². The van der Waals surface area contributed by atoms with Gasteiger partial charge >= 0.3 is 0 Å². The van der Waals surface area contributed by atoms with E-state index < -0.39 is 0 Å². The topological polar surface area (TPSA) is 21.3 Å². The molecule has 4 rings (SSSR count). The number of nitrogens with one attached hydrogen (secondary N) is 1. The predicted octanol–water partition coefficient (Wildman–Crippen LogP) is 3.85. The summed E-state index contributed by atoms with van der Waals surface area (Å²) >= 11 is 0. The van der Waals surface area contributed by atoms with Crippen LogP contribution in [0.2, 0.25) is 0 Å². The van der Waals surface area contributed by atoms with Crippen molar-refractivity contribution in [1.29, 1.82) is 0 Å². The summed E-state index contributed by atoms with van der Waals surface area (Å²) in [7, 11) is 0. The zero-order valence-corrected chi connectivity index (χ0v) is 12.5. The lowest BCUT2D eigenvalue weighted by atomic mass is 9.95. The van der Waals surface area contributed by atoms with E-state index in [4.69, 9.17) is 4.74 Å². The monoisotopic (exact) mass is 279 g/mol. The summed E-state index contributed by atoms with van der Waals surface area (Å²) in [6, 6.07) is 14.0. The van der Waals surface area contributed by atoms with Gasteiger partial charge in [-0.15, -0.1) is 0 Å². The van der Waals surface area contributed by atoms with Crippen molar-refractivity contribution < 1.29 is 4.74 Å². The van der Waals surface area contributed by atoms with E-state index >= 15 is 0 Å². The Balaban J connectivity index is 1.76. The molecular weight excluding hydrogens is 258 g/mol. The maximum atomic E-state index is 5.90. The van der Waals surface area contributed by atoms with Gasteiger partial charge < -0.3 is 10.1 Å². The summed E-state index contributed by atoms with van der Waals surface area (Å²) in [5, 5.41) is 3.63. The first-order valence-electron chi connectivity index (χ1n) is 7.89. The summed E-state index contributed by atoms with van der Waals surface area (Å²) < 4.78 is 5.90. The Bertz CT molecular complexity index is 673. The fraction of sp³-hybridized carbons (Fsp3) is 0.368. The van der Waals surface area contributed by atoms with E-state index in [0.717, 1.165) is 31.4 Å². The average molecular weight is 279 g/mol. The van der Waals surface area contributed by atoms with Gasteiger partial charge in [0.2, 0.25) is 0 Å². The van der Waals surface area contributed by atoms with E-state index in [1.165, 1.54) is 40.7 Å². The molecule has 1 aliphatic heterocycles. The van der Waals surface area contributed by atoms with Crippen LogP contribution >= 0.6 is 0 Å². The largest absolute Gasteiger partial charge is 0.492 e. The number of hydrogen-bond acceptors (Lipinski definition) is 2. The van der Waals surface area contributed by atoms with Crippen LogP contribution in [0.15, 0.2) is 36.4 Å². The molecule has 0 aromatic heterocycles. The molecule has 0 spiro atoms. The molecule has 108 valence electrons. The number of aryl methyl sites for hydroxylation is 1. The minimum Gasteiger partial charge on any atom is -0.492 e. The molecule has 2 heteroatoms. The van der Waals surface area contributed by atoms with Gasteiger partial charge in [-0.3, -0.25) is 0 Å². The molecule has 0 unspecified atom stereocenters. The third kappa shape index (κ3) is 2.56. The molecule has 1 aliphatic carbocycles. The molecule has 2 nitrogen and oxygen atoms in total. The summed E-state index contributed by atoms with van der Waals surface area (Å²) in [6.07, 6.45) is 3.68. The van der Waals surface area contributed by atoms with Crippen molar-refractivity contribution in [3.05, 3.63) is 53.1 Å². The third-order valence-corrected chi connectivity index (χ3v) is 4.43. The lowest BCUT2D eigenvalue weighted by molar-refractivity contribution is 0.358. The van der Waals surface area contributed by atoms with Gasteiger partial charge in [0.15, 0.2) is 0 Å². The predicted molar refractivity (Wildman–Crippen MR) is 85.7 cm³/mol. The van der Waals surface area contributed by atoms with Gasteiger partial charge in [0.1, 0.15) is 5.75 Å². The minimum atomic E-state index is 0.733. The van der Waals surface area contributed by atoms with E-state index in [2.05, 4.69) is 48.6 Å². The molecule has 2 aromatic carbocycles. The third-order valence-electron chi connectivity index (χ3n) is 4.43. The first kappa shape index (κ1) is 12.9. The standard InChI is InChI=1S/C19H21NO/c1-13-5-6-15(12-20-16-7-8-16)18(11-13)17-4-2-3-14-9-10-21-19(14)17/h2-6,11,16,20H,7-10,12H2,1H3. The quantitative estimate of drug-likeness (QED) is 0.918. The van der Waals surface area contributed by atoms with Gasteiger partial charge in [0.25, 0.3) is 0 Å². The minimum absolute atomic E-state index is 0.733. The van der Waals surface area contributed by atoms with Crippen LogP contribution in [0.1, 0.15) is 29.5 Å². The zero-order valence-electron chi connectivity index (χ0n) is 12.5. The van der Waals surface area contributed by atoms with E-state index in [1.807, 2.05) is 0 Å². The van der Waals surface area contributed by atoms with Crippen LogP contribution < -0.4 is 10.1 Å². The number of benzene rings is 2. The molecular formula is C19H21NO. The molecule has 0 saturated heterocycles. The smallest absolute Gasteiger partial charge is 0.130 e. The van der Waals surface area contributed by atoms with E-state index in [-0.39, 0.29) is 0 Å².